The number of nitrogens with zero attached hydrogens (tertiary/aromatic N) is 3. The van der Waals surface area contributed by atoms with E-state index in [-0.39, 0.29) is 10.9 Å². The first-order valence-corrected chi connectivity index (χ1v) is 15.4. The fourth-order valence-electron chi connectivity index (χ4n) is 4.65. The molecule has 0 bridgehead atoms. The lowest BCUT2D eigenvalue weighted by molar-refractivity contribution is 0.219. The minimum absolute atomic E-state index is 0.120. The second-order valence-corrected chi connectivity index (χ2v) is 13.4. The monoisotopic (exact) mass is 575 g/mol. The molecular formula is C30H33N5O3S2. The summed E-state index contributed by atoms with van der Waals surface area (Å²) < 4.78 is 30.2. The largest absolute Gasteiger partial charge is 0.388 e. The van der Waals surface area contributed by atoms with E-state index >= 15 is 0 Å². The number of benzene rings is 3. The smallest absolute Gasteiger partial charge is 0.324 e. The predicted octanol–water partition coefficient (Wildman–Crippen LogP) is 6.04. The minimum Gasteiger partial charge on any atom is -0.388 e. The first-order valence-electron chi connectivity index (χ1n) is 13.1. The van der Waals surface area contributed by atoms with E-state index in [2.05, 4.69) is 15.0 Å². The van der Waals surface area contributed by atoms with Gasteiger partial charge in [-0.25, -0.2) is 22.9 Å². The van der Waals surface area contributed by atoms with Crippen LogP contribution in [0, 0.1) is 0 Å². The van der Waals surface area contributed by atoms with Crippen LogP contribution in [0.4, 0.5) is 16.2 Å². The van der Waals surface area contributed by atoms with E-state index < -0.39 is 15.6 Å². The molecule has 0 aliphatic carbocycles. The summed E-state index contributed by atoms with van der Waals surface area (Å²) in [7, 11) is -2.06. The third-order valence-corrected chi connectivity index (χ3v) is 9.39. The Morgan fingerprint density at radius 2 is 1.70 bits per heavy atom. The quantitative estimate of drug-likeness (QED) is 0.267. The maximum absolute atomic E-state index is 13.7. The number of sulfonamides is 1. The maximum atomic E-state index is 13.7. The summed E-state index contributed by atoms with van der Waals surface area (Å²) in [5.41, 5.74) is 3.40. The van der Waals surface area contributed by atoms with Gasteiger partial charge in [-0.2, -0.15) is 0 Å². The fraction of sp³-hybridized carbons (Fsp3) is 0.267. The van der Waals surface area contributed by atoms with Crippen LogP contribution in [0.1, 0.15) is 26.3 Å². The highest BCUT2D eigenvalue weighted by Crippen LogP contribution is 2.38. The molecule has 8 nitrogen and oxygen atoms in total. The van der Waals surface area contributed by atoms with Crippen LogP contribution in [-0.4, -0.2) is 50.0 Å². The topological polar surface area (TPSA) is 94.6 Å². The van der Waals surface area contributed by atoms with Crippen LogP contribution in [0.3, 0.4) is 0 Å². The van der Waals surface area contributed by atoms with E-state index in [1.165, 1.54) is 11.3 Å². The molecule has 2 amide bonds. The predicted molar refractivity (Wildman–Crippen MR) is 162 cm³/mol. The fourth-order valence-corrected chi connectivity index (χ4v) is 7.33. The van der Waals surface area contributed by atoms with Crippen molar-refractivity contribution in [3.05, 3.63) is 84.6 Å². The average Bonchev–Trinajstić information content (AvgIpc) is 3.55. The standard InChI is InChI=1S/C30H33N5O3S2/c1-30(2,3)33-40(37,38)27-18-24(35-17-16-34(29(35)36)20-21-8-6-5-7-9-21)14-15-25(27)26-19-32-28(39-26)22-10-12-23(31-4)13-11-22/h5-15,18-19,31,33H,16-17,20H2,1-4H3. The zero-order valence-corrected chi connectivity index (χ0v) is 24.6. The summed E-state index contributed by atoms with van der Waals surface area (Å²) in [6, 6.07) is 22.8. The normalized spacial score (nSPS) is 14.2. The van der Waals surface area contributed by atoms with Crippen LogP contribution in [0.2, 0.25) is 0 Å². The number of anilines is 2. The third kappa shape index (κ3) is 6.04. The Morgan fingerprint density at radius 3 is 2.38 bits per heavy atom. The van der Waals surface area contributed by atoms with Gasteiger partial charge in [-0.15, -0.1) is 11.3 Å². The molecule has 40 heavy (non-hydrogen) atoms. The number of thiazole rings is 1. The molecule has 208 valence electrons. The number of urea groups is 1. The van der Waals surface area contributed by atoms with Crippen molar-refractivity contribution in [1.82, 2.24) is 14.6 Å². The number of rotatable bonds is 8. The number of hydrogen-bond donors (Lipinski definition) is 2. The van der Waals surface area contributed by atoms with Crippen molar-refractivity contribution < 1.29 is 13.2 Å². The average molecular weight is 576 g/mol. The Labute approximate surface area is 239 Å². The van der Waals surface area contributed by atoms with Crippen LogP contribution < -0.4 is 14.9 Å². The summed E-state index contributed by atoms with van der Waals surface area (Å²) in [5.74, 6) is 0. The van der Waals surface area contributed by atoms with Crippen LogP contribution in [-0.2, 0) is 16.6 Å². The van der Waals surface area contributed by atoms with Gasteiger partial charge in [-0.1, -0.05) is 36.4 Å². The van der Waals surface area contributed by atoms with Crippen molar-refractivity contribution in [3.8, 4) is 21.0 Å². The molecule has 3 aromatic carbocycles. The van der Waals surface area contributed by atoms with Gasteiger partial charge in [0.15, 0.2) is 0 Å². The van der Waals surface area contributed by atoms with Crippen molar-refractivity contribution >= 4 is 38.8 Å². The van der Waals surface area contributed by atoms with Gasteiger partial charge >= 0.3 is 6.03 Å². The molecule has 1 aliphatic heterocycles. The van der Waals surface area contributed by atoms with Gasteiger partial charge in [-0.05, 0) is 62.7 Å². The molecule has 5 rings (SSSR count). The number of carbonyl (C=O) groups excluding carboxylic acids is 1. The Morgan fingerprint density at radius 1 is 0.975 bits per heavy atom. The SMILES string of the molecule is CNc1ccc(-c2ncc(-c3ccc(N4CCN(Cc5ccccc5)C4=O)cc3S(=O)(=O)NC(C)(C)C)s2)cc1. The molecule has 0 spiro atoms. The molecule has 0 unspecified atom stereocenters. The molecule has 0 saturated carbocycles. The number of amides is 2. The Hall–Kier alpha value is -3.73. The van der Waals surface area contributed by atoms with Crippen molar-refractivity contribution in [2.75, 3.05) is 30.4 Å². The summed E-state index contributed by atoms with van der Waals surface area (Å²) in [5, 5.41) is 3.90. The maximum Gasteiger partial charge on any atom is 0.324 e. The molecule has 0 atom stereocenters. The van der Waals surface area contributed by atoms with E-state index in [4.69, 9.17) is 0 Å². The van der Waals surface area contributed by atoms with Gasteiger partial charge in [0, 0.05) is 60.9 Å². The van der Waals surface area contributed by atoms with Crippen LogP contribution in [0.25, 0.3) is 21.0 Å². The Bertz CT molecular complexity index is 1610. The molecule has 2 N–H and O–H groups in total. The first kappa shape index (κ1) is 27.8. The van der Waals surface area contributed by atoms with Crippen LogP contribution >= 0.6 is 11.3 Å². The summed E-state index contributed by atoms with van der Waals surface area (Å²) >= 11 is 1.43. The van der Waals surface area contributed by atoms with Gasteiger partial charge < -0.3 is 10.2 Å². The number of nitrogens with one attached hydrogen (secondary N) is 2. The lowest BCUT2D eigenvalue weighted by Gasteiger charge is -2.23. The van der Waals surface area contributed by atoms with E-state index in [0.717, 1.165) is 26.7 Å². The first-order chi connectivity index (χ1) is 19.0. The number of carbonyl (C=O) groups is 1. The highest BCUT2D eigenvalue weighted by Gasteiger charge is 2.32. The Balaban J connectivity index is 1.50. The summed E-state index contributed by atoms with van der Waals surface area (Å²) in [6.07, 6.45) is 1.71. The minimum atomic E-state index is -3.92. The number of hydrogen-bond acceptors (Lipinski definition) is 6. The lowest BCUT2D eigenvalue weighted by atomic mass is 10.1. The van der Waals surface area contributed by atoms with Gasteiger partial charge in [0.1, 0.15) is 5.01 Å². The molecule has 2 heterocycles. The molecular weight excluding hydrogens is 542 g/mol. The molecule has 0 radical (unpaired) electrons. The van der Waals surface area contributed by atoms with E-state index in [1.807, 2.05) is 67.7 Å². The van der Waals surface area contributed by atoms with Crippen molar-refractivity contribution in [3.63, 3.8) is 0 Å². The highest BCUT2D eigenvalue weighted by atomic mass is 32.2. The van der Waals surface area contributed by atoms with Crippen LogP contribution in [0.15, 0.2) is 83.9 Å². The van der Waals surface area contributed by atoms with Crippen molar-refractivity contribution in [1.29, 1.82) is 0 Å². The molecule has 1 aromatic heterocycles. The summed E-state index contributed by atoms with van der Waals surface area (Å²) in [6.45, 7) is 6.95. The molecule has 1 saturated heterocycles. The Kier molecular flexibility index (Phi) is 7.67. The summed E-state index contributed by atoms with van der Waals surface area (Å²) in [4.78, 5) is 22.2. The van der Waals surface area contributed by atoms with Gasteiger partial charge in [-0.3, -0.25) is 4.90 Å². The van der Waals surface area contributed by atoms with E-state index in [9.17, 15) is 13.2 Å². The molecule has 1 fully saturated rings. The molecule has 10 heteroatoms. The third-order valence-electron chi connectivity index (χ3n) is 6.51. The second kappa shape index (κ2) is 11.0. The van der Waals surface area contributed by atoms with E-state index in [0.29, 0.717) is 30.9 Å². The van der Waals surface area contributed by atoms with Gasteiger partial charge in [0.2, 0.25) is 10.0 Å². The molecule has 1 aliphatic rings. The second-order valence-electron chi connectivity index (χ2n) is 10.7. The lowest BCUT2D eigenvalue weighted by Crippen LogP contribution is -2.40. The highest BCUT2D eigenvalue weighted by molar-refractivity contribution is 7.89. The zero-order chi connectivity index (χ0) is 28.5. The van der Waals surface area contributed by atoms with Crippen molar-refractivity contribution in [2.24, 2.45) is 0 Å². The molecule has 4 aromatic rings. The number of aromatic nitrogens is 1. The zero-order valence-electron chi connectivity index (χ0n) is 23.0. The van der Waals surface area contributed by atoms with E-state index in [1.54, 1.807) is 48.9 Å². The van der Waals surface area contributed by atoms with Crippen LogP contribution in [0.5, 0.6) is 0 Å². The van der Waals surface area contributed by atoms with Gasteiger partial charge in [0.05, 0.1) is 9.77 Å². The van der Waals surface area contributed by atoms with Crippen molar-refractivity contribution in [2.45, 2.75) is 37.8 Å². The van der Waals surface area contributed by atoms with Gasteiger partial charge in [0.25, 0.3) is 0 Å².